The standard InChI is InChI=1S/C11H10N2O3/c1-16-8-4-2-7(3-5-8)10(14)9-6-12-11(15)13-9/h2-6H,1H3,(H2,12,13,15). The van der Waals surface area contributed by atoms with Gasteiger partial charge in [0, 0.05) is 11.8 Å². The summed E-state index contributed by atoms with van der Waals surface area (Å²) in [4.78, 5) is 27.5. The molecule has 82 valence electrons. The Bertz CT molecular complexity index is 551. The van der Waals surface area contributed by atoms with Crippen LogP contribution >= 0.6 is 0 Å². The zero-order valence-corrected chi connectivity index (χ0v) is 8.61. The van der Waals surface area contributed by atoms with Gasteiger partial charge in [-0.1, -0.05) is 0 Å². The first-order valence-corrected chi connectivity index (χ1v) is 4.67. The average Bonchev–Trinajstić information content (AvgIpc) is 2.75. The van der Waals surface area contributed by atoms with Crippen LogP contribution in [0.15, 0.2) is 35.3 Å². The summed E-state index contributed by atoms with van der Waals surface area (Å²) in [7, 11) is 1.56. The fourth-order valence-corrected chi connectivity index (χ4v) is 1.35. The molecule has 1 aromatic heterocycles. The average molecular weight is 218 g/mol. The van der Waals surface area contributed by atoms with Crippen molar-refractivity contribution < 1.29 is 9.53 Å². The first-order chi connectivity index (χ1) is 7.70. The third-order valence-corrected chi connectivity index (χ3v) is 2.19. The number of hydrogen-bond donors (Lipinski definition) is 2. The van der Waals surface area contributed by atoms with Crippen LogP contribution < -0.4 is 10.4 Å². The highest BCUT2D eigenvalue weighted by atomic mass is 16.5. The summed E-state index contributed by atoms with van der Waals surface area (Å²) >= 11 is 0. The summed E-state index contributed by atoms with van der Waals surface area (Å²) in [5.41, 5.74) is 0.350. The van der Waals surface area contributed by atoms with Crippen molar-refractivity contribution in [3.8, 4) is 5.75 Å². The molecule has 0 atom stereocenters. The number of hydrogen-bond acceptors (Lipinski definition) is 3. The molecule has 5 nitrogen and oxygen atoms in total. The van der Waals surface area contributed by atoms with E-state index in [4.69, 9.17) is 4.74 Å². The molecule has 16 heavy (non-hydrogen) atoms. The van der Waals surface area contributed by atoms with E-state index in [1.54, 1.807) is 31.4 Å². The number of carbonyl (C=O) groups excluding carboxylic acids is 1. The number of ketones is 1. The lowest BCUT2D eigenvalue weighted by Crippen LogP contribution is -2.06. The van der Waals surface area contributed by atoms with Crippen LogP contribution in [0.4, 0.5) is 0 Å². The molecule has 0 aliphatic rings. The highest BCUT2D eigenvalue weighted by molar-refractivity contribution is 6.07. The number of imidazole rings is 1. The Labute approximate surface area is 91.1 Å². The van der Waals surface area contributed by atoms with Gasteiger partial charge in [0.25, 0.3) is 0 Å². The van der Waals surface area contributed by atoms with Crippen molar-refractivity contribution in [3.63, 3.8) is 0 Å². The first kappa shape index (κ1) is 10.2. The van der Waals surface area contributed by atoms with Gasteiger partial charge >= 0.3 is 5.69 Å². The minimum Gasteiger partial charge on any atom is -0.497 e. The Morgan fingerprint density at radius 1 is 1.25 bits per heavy atom. The van der Waals surface area contributed by atoms with Crippen LogP contribution in [0.1, 0.15) is 16.1 Å². The molecule has 0 saturated carbocycles. The number of nitrogens with one attached hydrogen (secondary N) is 2. The van der Waals surface area contributed by atoms with Gasteiger partial charge < -0.3 is 14.7 Å². The Kier molecular flexibility index (Phi) is 2.59. The SMILES string of the molecule is COc1ccc(C(=O)c2c[nH]c(=O)[nH]2)cc1. The number of rotatable bonds is 3. The topological polar surface area (TPSA) is 75.0 Å². The second kappa shape index (κ2) is 4.06. The highest BCUT2D eigenvalue weighted by Gasteiger charge is 2.10. The van der Waals surface area contributed by atoms with E-state index in [0.29, 0.717) is 11.3 Å². The van der Waals surface area contributed by atoms with E-state index >= 15 is 0 Å². The largest absolute Gasteiger partial charge is 0.497 e. The number of benzene rings is 1. The fraction of sp³-hybridized carbons (Fsp3) is 0.0909. The van der Waals surface area contributed by atoms with Crippen LogP contribution in [-0.4, -0.2) is 22.9 Å². The molecule has 0 saturated heterocycles. The molecule has 1 heterocycles. The lowest BCUT2D eigenvalue weighted by atomic mass is 10.1. The maximum atomic E-state index is 11.8. The molecule has 0 radical (unpaired) electrons. The van der Waals surface area contributed by atoms with Crippen LogP contribution in [-0.2, 0) is 0 Å². The maximum absolute atomic E-state index is 11.8. The number of aromatic nitrogens is 2. The van der Waals surface area contributed by atoms with Crippen LogP contribution in [0.3, 0.4) is 0 Å². The van der Waals surface area contributed by atoms with Gasteiger partial charge in [0.2, 0.25) is 5.78 Å². The summed E-state index contributed by atoms with van der Waals surface area (Å²) < 4.78 is 4.98. The van der Waals surface area contributed by atoms with Crippen LogP contribution in [0.2, 0.25) is 0 Å². The van der Waals surface area contributed by atoms with Gasteiger partial charge in [-0.3, -0.25) is 4.79 Å². The van der Waals surface area contributed by atoms with E-state index in [1.165, 1.54) is 6.20 Å². The quantitative estimate of drug-likeness (QED) is 0.753. The molecule has 2 aromatic rings. The predicted molar refractivity (Wildman–Crippen MR) is 57.8 cm³/mol. The maximum Gasteiger partial charge on any atom is 0.323 e. The van der Waals surface area contributed by atoms with E-state index in [-0.39, 0.29) is 11.5 Å². The summed E-state index contributed by atoms with van der Waals surface area (Å²) in [6.45, 7) is 0. The van der Waals surface area contributed by atoms with E-state index < -0.39 is 5.69 Å². The minimum atomic E-state index is -0.392. The zero-order chi connectivity index (χ0) is 11.5. The summed E-state index contributed by atoms with van der Waals surface area (Å²) in [5.74, 6) is 0.445. The molecule has 0 spiro atoms. The van der Waals surface area contributed by atoms with Crippen molar-refractivity contribution in [2.75, 3.05) is 7.11 Å². The first-order valence-electron chi connectivity index (χ1n) is 4.67. The van der Waals surface area contributed by atoms with Crippen LogP contribution in [0.5, 0.6) is 5.75 Å². The Balaban J connectivity index is 2.30. The number of methoxy groups -OCH3 is 1. The molecule has 1 aromatic carbocycles. The molecule has 2 N–H and O–H groups in total. The monoisotopic (exact) mass is 218 g/mol. The smallest absolute Gasteiger partial charge is 0.323 e. The zero-order valence-electron chi connectivity index (χ0n) is 8.61. The van der Waals surface area contributed by atoms with E-state index in [1.807, 2.05) is 0 Å². The molecule has 0 fully saturated rings. The Hall–Kier alpha value is -2.30. The fourth-order valence-electron chi connectivity index (χ4n) is 1.35. The number of aromatic amines is 2. The van der Waals surface area contributed by atoms with Gasteiger partial charge in [-0.05, 0) is 24.3 Å². The normalized spacial score (nSPS) is 10.1. The molecule has 0 aliphatic heterocycles. The van der Waals surface area contributed by atoms with Crippen molar-refractivity contribution in [2.24, 2.45) is 0 Å². The highest BCUT2D eigenvalue weighted by Crippen LogP contribution is 2.13. The number of H-pyrrole nitrogens is 2. The van der Waals surface area contributed by atoms with Gasteiger partial charge in [0.15, 0.2) is 0 Å². The van der Waals surface area contributed by atoms with Gasteiger partial charge in [0.1, 0.15) is 11.4 Å². The van der Waals surface area contributed by atoms with Crippen molar-refractivity contribution in [2.45, 2.75) is 0 Å². The predicted octanol–water partition coefficient (Wildman–Crippen LogP) is 0.943. The van der Waals surface area contributed by atoms with E-state index in [0.717, 1.165) is 0 Å². The summed E-state index contributed by atoms with van der Waals surface area (Å²) in [6.07, 6.45) is 1.36. The van der Waals surface area contributed by atoms with Crippen molar-refractivity contribution in [1.82, 2.24) is 9.97 Å². The van der Waals surface area contributed by atoms with Crippen LogP contribution in [0.25, 0.3) is 0 Å². The minimum absolute atomic E-state index is 0.235. The van der Waals surface area contributed by atoms with Gasteiger partial charge in [-0.15, -0.1) is 0 Å². The molecule has 2 rings (SSSR count). The number of carbonyl (C=O) groups is 1. The molecular formula is C11H10N2O3. The Morgan fingerprint density at radius 3 is 2.44 bits per heavy atom. The summed E-state index contributed by atoms with van der Waals surface area (Å²) in [5, 5.41) is 0. The van der Waals surface area contributed by atoms with Gasteiger partial charge in [0.05, 0.1) is 7.11 Å². The molecule has 5 heteroatoms. The summed E-state index contributed by atoms with van der Waals surface area (Å²) in [6, 6.07) is 6.68. The third-order valence-electron chi connectivity index (χ3n) is 2.19. The van der Waals surface area contributed by atoms with Crippen molar-refractivity contribution >= 4 is 5.78 Å². The molecule has 0 amide bonds. The van der Waals surface area contributed by atoms with Gasteiger partial charge in [-0.25, -0.2) is 4.79 Å². The lowest BCUT2D eigenvalue weighted by molar-refractivity contribution is 0.103. The van der Waals surface area contributed by atoms with Crippen LogP contribution in [0, 0.1) is 0 Å². The van der Waals surface area contributed by atoms with E-state index in [2.05, 4.69) is 9.97 Å². The lowest BCUT2D eigenvalue weighted by Gasteiger charge is -2.00. The van der Waals surface area contributed by atoms with E-state index in [9.17, 15) is 9.59 Å². The molecular weight excluding hydrogens is 208 g/mol. The Morgan fingerprint density at radius 2 is 1.94 bits per heavy atom. The van der Waals surface area contributed by atoms with Crippen molar-refractivity contribution in [3.05, 3.63) is 52.2 Å². The second-order valence-corrected chi connectivity index (χ2v) is 3.21. The number of ether oxygens (including phenoxy) is 1. The molecule has 0 unspecified atom stereocenters. The molecule has 0 bridgehead atoms. The van der Waals surface area contributed by atoms with Gasteiger partial charge in [-0.2, -0.15) is 0 Å². The molecule has 0 aliphatic carbocycles. The third kappa shape index (κ3) is 1.88. The second-order valence-electron chi connectivity index (χ2n) is 3.21. The van der Waals surface area contributed by atoms with Crippen molar-refractivity contribution in [1.29, 1.82) is 0 Å².